The van der Waals surface area contributed by atoms with Crippen LogP contribution >= 0.6 is 0 Å². The quantitative estimate of drug-likeness (QED) is 0.779. The van der Waals surface area contributed by atoms with Gasteiger partial charge in [0.15, 0.2) is 6.17 Å². The lowest BCUT2D eigenvalue weighted by molar-refractivity contribution is -0.128. The van der Waals surface area contributed by atoms with Gasteiger partial charge in [-0.2, -0.15) is 0 Å². The van der Waals surface area contributed by atoms with E-state index in [4.69, 9.17) is 5.73 Å². The number of aryl methyl sites for hydroxylation is 1. The monoisotopic (exact) mass is 381 g/mol. The smallest absolute Gasteiger partial charge is 0.263 e. The van der Waals surface area contributed by atoms with Gasteiger partial charge in [-0.05, 0) is 31.2 Å². The molecule has 3 rings (SSSR count). The lowest BCUT2D eigenvalue weighted by atomic mass is 10.1. The van der Waals surface area contributed by atoms with E-state index in [1.807, 2.05) is 19.1 Å². The number of nitrogens with two attached hydrogens (primary N) is 1. The molecule has 146 valence electrons. The van der Waals surface area contributed by atoms with Crippen LogP contribution in [0.2, 0.25) is 0 Å². The van der Waals surface area contributed by atoms with Gasteiger partial charge in [-0.25, -0.2) is 0 Å². The van der Waals surface area contributed by atoms with Gasteiger partial charge in [0.05, 0.1) is 5.56 Å². The van der Waals surface area contributed by atoms with Crippen molar-refractivity contribution in [2.24, 2.45) is 5.73 Å². The lowest BCUT2D eigenvalue weighted by Crippen LogP contribution is -2.54. The highest BCUT2D eigenvalue weighted by atomic mass is 16.2. The van der Waals surface area contributed by atoms with Crippen LogP contribution in [-0.4, -0.2) is 64.9 Å². The third-order valence-electron chi connectivity index (χ3n) is 4.58. The summed E-state index contributed by atoms with van der Waals surface area (Å²) in [7, 11) is 0. The minimum Gasteiger partial charge on any atom is -0.351 e. The van der Waals surface area contributed by atoms with Gasteiger partial charge >= 0.3 is 0 Å². The topological polar surface area (TPSA) is 109 Å². The average Bonchev–Trinajstić information content (AvgIpc) is 3.17. The molecule has 0 saturated carbocycles. The average molecular weight is 381 g/mol. The van der Waals surface area contributed by atoms with Crippen LogP contribution in [0.15, 0.2) is 48.8 Å². The van der Waals surface area contributed by atoms with E-state index >= 15 is 0 Å². The van der Waals surface area contributed by atoms with Gasteiger partial charge in [0.25, 0.3) is 17.7 Å². The Morgan fingerprint density at radius 1 is 1.07 bits per heavy atom. The number of aromatic nitrogens is 1. The maximum absolute atomic E-state index is 13.0. The molecule has 28 heavy (non-hydrogen) atoms. The number of amides is 3. The van der Waals surface area contributed by atoms with Gasteiger partial charge in [-0.3, -0.25) is 19.4 Å². The standard InChI is InChI=1S/C20H23N5O3/c1-14-4-6-15(7-5-14)19(27)24-11-12-25(18(24)17(26)23-10-8-21)20(28)16-3-2-9-22-13-16/h2-7,9,13,18H,8,10-12,21H2,1H3,(H,23,26). The first-order valence-corrected chi connectivity index (χ1v) is 9.09. The van der Waals surface area contributed by atoms with Gasteiger partial charge < -0.3 is 20.9 Å². The van der Waals surface area contributed by atoms with Gasteiger partial charge in [0.2, 0.25) is 0 Å². The fraction of sp³-hybridized carbons (Fsp3) is 0.300. The van der Waals surface area contributed by atoms with E-state index in [-0.39, 0.29) is 38.0 Å². The summed E-state index contributed by atoms with van der Waals surface area (Å²) in [6, 6.07) is 10.4. The summed E-state index contributed by atoms with van der Waals surface area (Å²) in [4.78, 5) is 45.5. The summed E-state index contributed by atoms with van der Waals surface area (Å²) in [5.41, 5.74) is 7.34. The minimum absolute atomic E-state index is 0.256. The van der Waals surface area contributed by atoms with Crippen LogP contribution in [0.5, 0.6) is 0 Å². The summed E-state index contributed by atoms with van der Waals surface area (Å²) >= 11 is 0. The van der Waals surface area contributed by atoms with Crippen molar-refractivity contribution in [2.45, 2.75) is 13.1 Å². The molecule has 0 spiro atoms. The Morgan fingerprint density at radius 2 is 1.71 bits per heavy atom. The van der Waals surface area contributed by atoms with Crippen LogP contribution in [-0.2, 0) is 4.79 Å². The zero-order chi connectivity index (χ0) is 20.1. The van der Waals surface area contributed by atoms with Crippen LogP contribution < -0.4 is 11.1 Å². The zero-order valence-electron chi connectivity index (χ0n) is 15.7. The first-order chi connectivity index (χ1) is 13.5. The third kappa shape index (κ3) is 4.01. The summed E-state index contributed by atoms with van der Waals surface area (Å²) in [6.45, 7) is 2.98. The maximum atomic E-state index is 13.0. The normalized spacial score (nSPS) is 16.1. The van der Waals surface area contributed by atoms with Crippen molar-refractivity contribution in [3.05, 3.63) is 65.5 Å². The molecule has 1 aromatic heterocycles. The molecule has 1 aromatic carbocycles. The molecule has 1 unspecified atom stereocenters. The van der Waals surface area contributed by atoms with Gasteiger partial charge in [-0.1, -0.05) is 17.7 Å². The molecule has 2 aromatic rings. The number of carbonyl (C=O) groups is 3. The van der Waals surface area contributed by atoms with E-state index in [9.17, 15) is 14.4 Å². The van der Waals surface area contributed by atoms with Crippen LogP contribution in [0.25, 0.3) is 0 Å². The lowest BCUT2D eigenvalue weighted by Gasteiger charge is -2.29. The van der Waals surface area contributed by atoms with Crippen molar-refractivity contribution in [1.29, 1.82) is 0 Å². The number of pyridine rings is 1. The molecule has 1 fully saturated rings. The fourth-order valence-corrected chi connectivity index (χ4v) is 3.14. The third-order valence-corrected chi connectivity index (χ3v) is 4.58. The molecular formula is C20H23N5O3. The molecule has 1 saturated heterocycles. The SMILES string of the molecule is Cc1ccc(C(=O)N2CCN(C(=O)c3cccnc3)C2C(=O)NCCN)cc1. The van der Waals surface area contributed by atoms with Crippen molar-refractivity contribution in [1.82, 2.24) is 20.1 Å². The van der Waals surface area contributed by atoms with Crippen LogP contribution in [0, 0.1) is 6.92 Å². The summed E-state index contributed by atoms with van der Waals surface area (Å²) in [6.07, 6.45) is 1.98. The summed E-state index contributed by atoms with van der Waals surface area (Å²) in [5.74, 6) is -1.07. The van der Waals surface area contributed by atoms with E-state index in [0.29, 0.717) is 11.1 Å². The predicted molar refractivity (Wildman–Crippen MR) is 103 cm³/mol. The zero-order valence-corrected chi connectivity index (χ0v) is 15.7. The number of hydrogen-bond donors (Lipinski definition) is 2. The first kappa shape index (κ1) is 19.5. The van der Waals surface area contributed by atoms with Crippen molar-refractivity contribution in [3.8, 4) is 0 Å². The summed E-state index contributed by atoms with van der Waals surface area (Å²) < 4.78 is 0. The number of nitrogens with zero attached hydrogens (tertiary/aromatic N) is 3. The molecule has 3 N–H and O–H groups in total. The van der Waals surface area contributed by atoms with Crippen molar-refractivity contribution < 1.29 is 14.4 Å². The molecule has 0 radical (unpaired) electrons. The fourth-order valence-electron chi connectivity index (χ4n) is 3.14. The molecule has 0 aliphatic carbocycles. The van der Waals surface area contributed by atoms with Crippen molar-refractivity contribution in [3.63, 3.8) is 0 Å². The van der Waals surface area contributed by atoms with Crippen molar-refractivity contribution in [2.75, 3.05) is 26.2 Å². The Kier molecular flexibility index (Phi) is 6.00. The minimum atomic E-state index is -1.03. The first-order valence-electron chi connectivity index (χ1n) is 9.09. The second-order valence-electron chi connectivity index (χ2n) is 6.56. The molecule has 1 aliphatic rings. The molecule has 8 nitrogen and oxygen atoms in total. The predicted octanol–water partition coefficient (Wildman–Crippen LogP) is 0.389. The molecule has 1 aliphatic heterocycles. The number of hydrogen-bond acceptors (Lipinski definition) is 5. The Labute approximate surface area is 163 Å². The van der Waals surface area contributed by atoms with Crippen molar-refractivity contribution >= 4 is 17.7 Å². The Morgan fingerprint density at radius 3 is 2.29 bits per heavy atom. The number of benzene rings is 1. The van der Waals surface area contributed by atoms with E-state index in [0.717, 1.165) is 5.56 Å². The molecule has 2 heterocycles. The van der Waals surface area contributed by atoms with E-state index in [2.05, 4.69) is 10.3 Å². The molecule has 1 atom stereocenters. The van der Waals surface area contributed by atoms with Crippen LogP contribution in [0.3, 0.4) is 0 Å². The van der Waals surface area contributed by atoms with Crippen LogP contribution in [0.4, 0.5) is 0 Å². The second kappa shape index (κ2) is 8.62. The van der Waals surface area contributed by atoms with E-state index < -0.39 is 12.1 Å². The maximum Gasteiger partial charge on any atom is 0.263 e. The van der Waals surface area contributed by atoms with E-state index in [1.165, 1.54) is 16.0 Å². The Hall–Kier alpha value is -3.26. The van der Waals surface area contributed by atoms with E-state index in [1.54, 1.807) is 30.5 Å². The Balaban J connectivity index is 1.89. The molecule has 0 bridgehead atoms. The second-order valence-corrected chi connectivity index (χ2v) is 6.56. The number of carbonyl (C=O) groups excluding carboxylic acids is 3. The summed E-state index contributed by atoms with van der Waals surface area (Å²) in [5, 5.41) is 2.69. The molecule has 3 amide bonds. The van der Waals surface area contributed by atoms with Gasteiger partial charge in [0.1, 0.15) is 0 Å². The number of nitrogens with one attached hydrogen (secondary N) is 1. The highest BCUT2D eigenvalue weighted by Crippen LogP contribution is 2.21. The van der Waals surface area contributed by atoms with Gasteiger partial charge in [-0.15, -0.1) is 0 Å². The highest BCUT2D eigenvalue weighted by molar-refractivity contribution is 6.02. The molecular weight excluding hydrogens is 358 g/mol. The molecule has 8 heteroatoms. The van der Waals surface area contributed by atoms with Gasteiger partial charge in [0, 0.05) is 44.1 Å². The highest BCUT2D eigenvalue weighted by Gasteiger charge is 2.43. The largest absolute Gasteiger partial charge is 0.351 e. The van der Waals surface area contributed by atoms with Crippen LogP contribution in [0.1, 0.15) is 26.3 Å². The number of rotatable bonds is 5. The Bertz CT molecular complexity index is 854.